The second-order valence-corrected chi connectivity index (χ2v) is 7.40. The van der Waals surface area contributed by atoms with Crippen LogP contribution in [0.25, 0.3) is 0 Å². The molecule has 0 radical (unpaired) electrons. The highest BCUT2D eigenvalue weighted by molar-refractivity contribution is 8.13. The number of halogens is 2. The van der Waals surface area contributed by atoms with E-state index >= 15 is 0 Å². The maximum atomic E-state index is 6.16. The third-order valence-corrected chi connectivity index (χ3v) is 5.62. The largest absolute Gasteiger partial charge is 1.00 e. The molecule has 4 N–H and O–H groups in total. The van der Waals surface area contributed by atoms with Gasteiger partial charge in [-0.3, -0.25) is 11.1 Å². The van der Waals surface area contributed by atoms with Gasteiger partial charge in [-0.25, -0.2) is 0 Å². The van der Waals surface area contributed by atoms with Gasteiger partial charge in [0.1, 0.15) is 0 Å². The number of thioether (sulfide) groups is 1. The van der Waals surface area contributed by atoms with Gasteiger partial charge in [0.15, 0.2) is 0 Å². The van der Waals surface area contributed by atoms with Gasteiger partial charge in [0.25, 0.3) is 5.17 Å². The first-order valence-corrected chi connectivity index (χ1v) is 8.30. The predicted octanol–water partition coefficient (Wildman–Crippen LogP) is -0.101. The van der Waals surface area contributed by atoms with Crippen LogP contribution < -0.4 is 23.5 Å². The molecule has 1 heterocycles. The molecular formula is C15H14Cl2N2S2. The summed E-state index contributed by atoms with van der Waals surface area (Å²) in [5.41, 5.74) is 8.24. The molecule has 0 aliphatic carbocycles. The molecule has 1 aliphatic heterocycles. The number of nitrogens with two attached hydrogens (primary N) is 2. The predicted molar refractivity (Wildman–Crippen MR) is 87.2 cm³/mol. The van der Waals surface area contributed by atoms with Crippen molar-refractivity contribution in [2.45, 2.75) is 21.5 Å². The number of amidine groups is 1. The van der Waals surface area contributed by atoms with Crippen molar-refractivity contribution < 1.29 is 17.8 Å². The molecule has 110 valence electrons. The third kappa shape index (κ3) is 3.69. The van der Waals surface area contributed by atoms with Crippen LogP contribution in [0.2, 0.25) is 5.02 Å². The molecule has 21 heavy (non-hydrogen) atoms. The summed E-state index contributed by atoms with van der Waals surface area (Å²) in [6, 6.07) is 14.5. The number of hydrogen-bond donors (Lipinski definition) is 2. The first-order chi connectivity index (χ1) is 9.63. The van der Waals surface area contributed by atoms with E-state index in [1.807, 2.05) is 12.1 Å². The van der Waals surface area contributed by atoms with Crippen LogP contribution in [0, 0.1) is 0 Å². The summed E-state index contributed by atoms with van der Waals surface area (Å²) in [6.45, 7) is 0. The zero-order valence-corrected chi connectivity index (χ0v) is 14.2. The van der Waals surface area contributed by atoms with Gasteiger partial charge in [0.2, 0.25) is 0 Å². The quantitative estimate of drug-likeness (QED) is 0.554. The van der Waals surface area contributed by atoms with E-state index in [-0.39, 0.29) is 17.7 Å². The SMILES string of the molecule is NC(=[NH2+])SC1Cc2ccccc2Sc2ccc(Cl)cc21.[Cl-]. The Morgan fingerprint density at radius 2 is 2.00 bits per heavy atom. The second-order valence-electron chi connectivity index (χ2n) is 4.60. The van der Waals surface area contributed by atoms with E-state index in [1.165, 1.54) is 32.7 Å². The lowest BCUT2D eigenvalue weighted by atomic mass is 10.0. The first kappa shape index (κ1) is 16.6. The van der Waals surface area contributed by atoms with Crippen molar-refractivity contribution >= 4 is 40.3 Å². The van der Waals surface area contributed by atoms with Crippen LogP contribution in [-0.4, -0.2) is 5.17 Å². The van der Waals surface area contributed by atoms with Crippen molar-refractivity contribution in [3.63, 3.8) is 0 Å². The Morgan fingerprint density at radius 1 is 1.24 bits per heavy atom. The Morgan fingerprint density at radius 3 is 2.76 bits per heavy atom. The molecule has 2 aromatic carbocycles. The van der Waals surface area contributed by atoms with Gasteiger partial charge >= 0.3 is 0 Å². The van der Waals surface area contributed by atoms with E-state index in [2.05, 4.69) is 30.3 Å². The molecule has 0 aromatic heterocycles. The lowest BCUT2D eigenvalue weighted by molar-refractivity contribution is -0.110. The Balaban J connectivity index is 0.00000161. The Bertz CT molecular complexity index is 676. The summed E-state index contributed by atoms with van der Waals surface area (Å²) in [4.78, 5) is 2.51. The van der Waals surface area contributed by atoms with Crippen LogP contribution in [0.3, 0.4) is 0 Å². The Hall–Kier alpha value is -0.810. The van der Waals surface area contributed by atoms with Gasteiger partial charge in [-0.1, -0.05) is 41.6 Å². The van der Waals surface area contributed by atoms with E-state index < -0.39 is 0 Å². The van der Waals surface area contributed by atoms with Crippen LogP contribution in [0.15, 0.2) is 52.3 Å². The fourth-order valence-electron chi connectivity index (χ4n) is 2.33. The summed E-state index contributed by atoms with van der Waals surface area (Å²) < 4.78 is 0. The highest BCUT2D eigenvalue weighted by atomic mass is 35.5. The van der Waals surface area contributed by atoms with Gasteiger partial charge < -0.3 is 12.4 Å². The average molecular weight is 357 g/mol. The van der Waals surface area contributed by atoms with E-state index in [0.29, 0.717) is 5.17 Å². The zero-order valence-electron chi connectivity index (χ0n) is 11.1. The molecule has 1 unspecified atom stereocenters. The van der Waals surface area contributed by atoms with Crippen LogP contribution >= 0.6 is 35.1 Å². The van der Waals surface area contributed by atoms with E-state index in [9.17, 15) is 0 Å². The molecule has 6 heteroatoms. The van der Waals surface area contributed by atoms with Gasteiger partial charge in [-0.15, -0.1) is 0 Å². The normalized spacial score (nSPS) is 16.1. The summed E-state index contributed by atoms with van der Waals surface area (Å²) in [7, 11) is 0. The van der Waals surface area contributed by atoms with Crippen LogP contribution in [0.4, 0.5) is 0 Å². The van der Waals surface area contributed by atoms with E-state index in [1.54, 1.807) is 11.8 Å². The molecule has 0 saturated heterocycles. The smallest absolute Gasteiger partial charge is 0.300 e. The number of fused-ring (bicyclic) bond motifs is 2. The summed E-state index contributed by atoms with van der Waals surface area (Å²) in [5, 5.41) is 7.05. The van der Waals surface area contributed by atoms with Crippen LogP contribution in [0.5, 0.6) is 0 Å². The minimum atomic E-state index is 0. The highest BCUT2D eigenvalue weighted by Crippen LogP contribution is 2.46. The summed E-state index contributed by atoms with van der Waals surface area (Å²) >= 11 is 9.44. The van der Waals surface area contributed by atoms with Gasteiger partial charge in [-0.05, 0) is 53.6 Å². The molecule has 3 rings (SSSR count). The fraction of sp³-hybridized carbons (Fsp3) is 0.133. The minimum absolute atomic E-state index is 0. The standard InChI is InChI=1S/C15H13ClN2S2.ClH/c16-10-5-6-13-11(8-10)14(20-15(17)18)7-9-3-1-2-4-12(9)19-13;/h1-6,8,14H,7H2,(H3,17,18);1H. The van der Waals surface area contributed by atoms with E-state index in [0.717, 1.165) is 11.4 Å². The lowest BCUT2D eigenvalue weighted by Crippen LogP contribution is -3.00. The fourth-order valence-corrected chi connectivity index (χ4v) is 4.62. The minimum Gasteiger partial charge on any atom is -1.00 e. The highest BCUT2D eigenvalue weighted by Gasteiger charge is 2.25. The Kier molecular flexibility index (Phi) is 5.49. The molecule has 0 spiro atoms. The van der Waals surface area contributed by atoms with Crippen LogP contribution in [-0.2, 0) is 6.42 Å². The van der Waals surface area contributed by atoms with Gasteiger partial charge in [0, 0.05) is 20.1 Å². The summed E-state index contributed by atoms with van der Waals surface area (Å²) in [5.74, 6) is 0. The Labute approximate surface area is 143 Å². The molecule has 0 amide bonds. The van der Waals surface area contributed by atoms with Gasteiger partial charge in [-0.2, -0.15) is 0 Å². The van der Waals surface area contributed by atoms with Crippen molar-refractivity contribution in [3.8, 4) is 0 Å². The second kappa shape index (κ2) is 6.97. The molecule has 1 aliphatic rings. The zero-order chi connectivity index (χ0) is 14.1. The molecule has 1 atom stereocenters. The van der Waals surface area contributed by atoms with Crippen molar-refractivity contribution in [2.75, 3.05) is 0 Å². The molecule has 0 fully saturated rings. The lowest BCUT2D eigenvalue weighted by Gasteiger charge is -2.14. The molecule has 2 nitrogen and oxygen atoms in total. The number of hydrogen-bond acceptors (Lipinski definition) is 2. The third-order valence-electron chi connectivity index (χ3n) is 3.19. The molecular weight excluding hydrogens is 343 g/mol. The number of benzene rings is 2. The maximum Gasteiger partial charge on any atom is 0.300 e. The van der Waals surface area contributed by atoms with Crippen molar-refractivity contribution in [1.82, 2.24) is 0 Å². The molecule has 0 bridgehead atoms. The average Bonchev–Trinajstić information content (AvgIpc) is 2.55. The maximum absolute atomic E-state index is 6.16. The molecule has 2 aromatic rings. The van der Waals surface area contributed by atoms with Crippen molar-refractivity contribution in [3.05, 3.63) is 58.6 Å². The number of rotatable bonds is 1. The van der Waals surface area contributed by atoms with E-state index in [4.69, 9.17) is 22.7 Å². The van der Waals surface area contributed by atoms with Crippen LogP contribution in [0.1, 0.15) is 16.4 Å². The van der Waals surface area contributed by atoms with Crippen molar-refractivity contribution in [1.29, 1.82) is 0 Å². The van der Waals surface area contributed by atoms with Crippen molar-refractivity contribution in [2.24, 2.45) is 5.73 Å². The molecule has 0 saturated carbocycles. The topological polar surface area (TPSA) is 51.6 Å². The monoisotopic (exact) mass is 356 g/mol. The first-order valence-electron chi connectivity index (χ1n) is 6.23. The summed E-state index contributed by atoms with van der Waals surface area (Å²) in [6.07, 6.45) is 0.902. The van der Waals surface area contributed by atoms with Gasteiger partial charge in [0.05, 0.1) is 0 Å².